The van der Waals surface area contributed by atoms with E-state index in [4.69, 9.17) is 0 Å². The first-order chi connectivity index (χ1) is 8.74. The molecule has 0 spiro atoms. The molecule has 2 N–H and O–H groups in total. The van der Waals surface area contributed by atoms with Crippen molar-refractivity contribution in [2.75, 3.05) is 5.32 Å². The molecule has 90 valence electrons. The summed E-state index contributed by atoms with van der Waals surface area (Å²) in [4.78, 5) is 16.7. The third-order valence-corrected chi connectivity index (χ3v) is 3.58. The normalized spacial score (nSPS) is 10.7. The number of hydrogen-bond acceptors (Lipinski definition) is 4. The van der Waals surface area contributed by atoms with Crippen LogP contribution in [0, 0.1) is 6.92 Å². The molecule has 0 unspecified atom stereocenters. The molecular formula is C12H10N4OS. The van der Waals surface area contributed by atoms with Crippen molar-refractivity contribution in [3.63, 3.8) is 0 Å². The highest BCUT2D eigenvalue weighted by Crippen LogP contribution is 2.19. The van der Waals surface area contributed by atoms with Gasteiger partial charge in [0.15, 0.2) is 0 Å². The highest BCUT2D eigenvalue weighted by atomic mass is 32.1. The summed E-state index contributed by atoms with van der Waals surface area (Å²) in [5.41, 5.74) is 4.12. The highest BCUT2D eigenvalue weighted by Gasteiger charge is 2.11. The number of anilines is 1. The van der Waals surface area contributed by atoms with E-state index in [9.17, 15) is 4.79 Å². The number of rotatable bonds is 2. The predicted molar refractivity (Wildman–Crippen MR) is 70.9 cm³/mol. The zero-order valence-electron chi connectivity index (χ0n) is 9.60. The summed E-state index contributed by atoms with van der Waals surface area (Å²) in [7, 11) is 0. The minimum atomic E-state index is -0.127. The van der Waals surface area contributed by atoms with Crippen molar-refractivity contribution in [3.8, 4) is 0 Å². The van der Waals surface area contributed by atoms with Crippen LogP contribution in [-0.4, -0.2) is 21.1 Å². The van der Waals surface area contributed by atoms with Crippen LogP contribution >= 0.6 is 11.3 Å². The molecule has 5 nitrogen and oxygen atoms in total. The van der Waals surface area contributed by atoms with Gasteiger partial charge in [-0.15, -0.1) is 11.3 Å². The molecule has 3 rings (SSSR count). The summed E-state index contributed by atoms with van der Waals surface area (Å²) in [6, 6.07) is 5.61. The average Bonchev–Trinajstić information content (AvgIpc) is 2.96. The lowest BCUT2D eigenvalue weighted by atomic mass is 10.2. The Hall–Kier alpha value is -2.21. The fourth-order valence-corrected chi connectivity index (χ4v) is 2.43. The molecule has 0 atom stereocenters. The number of thiazole rings is 1. The minimum absolute atomic E-state index is 0.127. The van der Waals surface area contributed by atoms with Crippen LogP contribution in [0.3, 0.4) is 0 Å². The first-order valence-corrected chi connectivity index (χ1v) is 6.26. The summed E-state index contributed by atoms with van der Waals surface area (Å²) in [5.74, 6) is -0.127. The molecule has 1 aromatic carbocycles. The number of aromatic amines is 1. The van der Waals surface area contributed by atoms with Crippen LogP contribution in [0.1, 0.15) is 15.4 Å². The molecule has 0 fully saturated rings. The number of nitrogens with zero attached hydrogens (tertiary/aromatic N) is 2. The molecular weight excluding hydrogens is 248 g/mol. The zero-order chi connectivity index (χ0) is 12.5. The number of carbonyl (C=O) groups excluding carboxylic acids is 1. The summed E-state index contributed by atoms with van der Waals surface area (Å²) in [6.07, 6.45) is 1.73. The fourth-order valence-electron chi connectivity index (χ4n) is 1.73. The molecule has 0 aliphatic rings. The lowest BCUT2D eigenvalue weighted by Gasteiger charge is -2.03. The van der Waals surface area contributed by atoms with E-state index in [1.165, 1.54) is 11.3 Å². The number of hydrogen-bond donors (Lipinski definition) is 2. The third kappa shape index (κ3) is 1.86. The van der Waals surface area contributed by atoms with Gasteiger partial charge in [0.05, 0.1) is 22.9 Å². The fraction of sp³-hybridized carbons (Fsp3) is 0.0833. The monoisotopic (exact) mass is 258 g/mol. The van der Waals surface area contributed by atoms with Crippen molar-refractivity contribution in [1.29, 1.82) is 0 Å². The van der Waals surface area contributed by atoms with Crippen molar-refractivity contribution in [2.24, 2.45) is 0 Å². The molecule has 0 saturated heterocycles. The molecule has 3 aromatic rings. The Kier molecular flexibility index (Phi) is 2.56. The second kappa shape index (κ2) is 4.23. The van der Waals surface area contributed by atoms with E-state index < -0.39 is 0 Å². The van der Waals surface area contributed by atoms with Gasteiger partial charge in [0, 0.05) is 11.1 Å². The number of aryl methyl sites for hydroxylation is 1. The van der Waals surface area contributed by atoms with Crippen molar-refractivity contribution in [2.45, 2.75) is 6.92 Å². The van der Waals surface area contributed by atoms with E-state index in [1.54, 1.807) is 11.7 Å². The number of H-pyrrole nitrogens is 1. The van der Waals surface area contributed by atoms with Crippen molar-refractivity contribution >= 4 is 33.8 Å². The first-order valence-electron chi connectivity index (χ1n) is 5.38. The number of carbonyl (C=O) groups is 1. The molecule has 0 aliphatic heterocycles. The molecule has 0 aliphatic carbocycles. The summed E-state index contributed by atoms with van der Waals surface area (Å²) >= 11 is 1.34. The predicted octanol–water partition coefficient (Wildman–Crippen LogP) is 2.58. The zero-order valence-corrected chi connectivity index (χ0v) is 10.4. The minimum Gasteiger partial charge on any atom is -0.321 e. The largest absolute Gasteiger partial charge is 0.321 e. The second-order valence-corrected chi connectivity index (χ2v) is 4.75. The molecule has 6 heteroatoms. The summed E-state index contributed by atoms with van der Waals surface area (Å²) in [5, 5.41) is 10.6. The van der Waals surface area contributed by atoms with E-state index in [0.29, 0.717) is 4.88 Å². The Morgan fingerprint density at radius 1 is 1.44 bits per heavy atom. The SMILES string of the molecule is Cc1ncsc1C(=O)Nc1ccc2[nH]ncc2c1. The maximum Gasteiger partial charge on any atom is 0.267 e. The standard InChI is InChI=1S/C12H10N4OS/c1-7-11(18-6-13-7)12(17)15-9-2-3-10-8(4-9)5-14-16-10/h2-6H,1H3,(H,14,16)(H,15,17). The van der Waals surface area contributed by atoms with Crippen LogP contribution in [0.4, 0.5) is 5.69 Å². The number of aromatic nitrogens is 3. The van der Waals surface area contributed by atoms with Gasteiger partial charge < -0.3 is 5.32 Å². The quantitative estimate of drug-likeness (QED) is 0.742. The van der Waals surface area contributed by atoms with Crippen LogP contribution in [0.15, 0.2) is 29.9 Å². The first kappa shape index (κ1) is 10.9. The molecule has 0 saturated carbocycles. The Labute approximate surface area is 107 Å². The Bertz CT molecular complexity index is 716. The van der Waals surface area contributed by atoms with Gasteiger partial charge in [-0.3, -0.25) is 9.89 Å². The van der Waals surface area contributed by atoms with Crippen LogP contribution in [0.2, 0.25) is 0 Å². The summed E-state index contributed by atoms with van der Waals surface area (Å²) in [6.45, 7) is 1.82. The second-order valence-electron chi connectivity index (χ2n) is 3.89. The van der Waals surface area contributed by atoms with E-state index in [2.05, 4.69) is 20.5 Å². The van der Waals surface area contributed by atoms with Crippen LogP contribution in [0.25, 0.3) is 10.9 Å². The van der Waals surface area contributed by atoms with Crippen LogP contribution in [-0.2, 0) is 0 Å². The van der Waals surface area contributed by atoms with Crippen LogP contribution < -0.4 is 5.32 Å². The van der Waals surface area contributed by atoms with Gasteiger partial charge in [-0.2, -0.15) is 5.10 Å². The molecule has 18 heavy (non-hydrogen) atoms. The lowest BCUT2D eigenvalue weighted by molar-refractivity contribution is 0.103. The maximum absolute atomic E-state index is 12.0. The van der Waals surface area contributed by atoms with Gasteiger partial charge in [-0.25, -0.2) is 4.98 Å². The molecule has 2 aromatic heterocycles. The van der Waals surface area contributed by atoms with Crippen LogP contribution in [0.5, 0.6) is 0 Å². The number of amides is 1. The van der Waals surface area contributed by atoms with Crippen molar-refractivity contribution < 1.29 is 4.79 Å². The van der Waals surface area contributed by atoms with Gasteiger partial charge in [0.25, 0.3) is 5.91 Å². The van der Waals surface area contributed by atoms with Gasteiger partial charge in [-0.1, -0.05) is 0 Å². The van der Waals surface area contributed by atoms with E-state index in [1.807, 2.05) is 25.1 Å². The molecule has 2 heterocycles. The smallest absolute Gasteiger partial charge is 0.267 e. The van der Waals surface area contributed by atoms with Gasteiger partial charge >= 0.3 is 0 Å². The number of fused-ring (bicyclic) bond motifs is 1. The molecule has 0 bridgehead atoms. The van der Waals surface area contributed by atoms with E-state index >= 15 is 0 Å². The highest BCUT2D eigenvalue weighted by molar-refractivity contribution is 7.12. The number of benzene rings is 1. The summed E-state index contributed by atoms with van der Waals surface area (Å²) < 4.78 is 0. The topological polar surface area (TPSA) is 70.7 Å². The molecule has 1 amide bonds. The van der Waals surface area contributed by atoms with Gasteiger partial charge in [0.1, 0.15) is 4.88 Å². The van der Waals surface area contributed by atoms with Gasteiger partial charge in [0.2, 0.25) is 0 Å². The maximum atomic E-state index is 12.0. The lowest BCUT2D eigenvalue weighted by Crippen LogP contribution is -2.11. The third-order valence-electron chi connectivity index (χ3n) is 2.65. The average molecular weight is 258 g/mol. The number of nitrogens with one attached hydrogen (secondary N) is 2. The Morgan fingerprint density at radius 2 is 2.33 bits per heavy atom. The van der Waals surface area contributed by atoms with Gasteiger partial charge in [-0.05, 0) is 25.1 Å². The molecule has 0 radical (unpaired) electrons. The van der Waals surface area contributed by atoms with E-state index in [-0.39, 0.29) is 5.91 Å². The van der Waals surface area contributed by atoms with Crippen molar-refractivity contribution in [3.05, 3.63) is 40.5 Å². The Morgan fingerprint density at radius 3 is 3.11 bits per heavy atom. The van der Waals surface area contributed by atoms with E-state index in [0.717, 1.165) is 22.3 Å². The Balaban J connectivity index is 1.88. The van der Waals surface area contributed by atoms with Crippen molar-refractivity contribution in [1.82, 2.24) is 15.2 Å².